The van der Waals surface area contributed by atoms with Gasteiger partial charge < -0.3 is 28.8 Å². The van der Waals surface area contributed by atoms with Crippen LogP contribution in [0.5, 0.6) is 0 Å². The number of allylic oxidation sites excluding steroid dienone is 21. The molecule has 0 saturated carbocycles. The SMILES string of the molecule is CC/C=C\C/C=C\C/C=C\C/C=C\C/C=C\C/C=C\C/C=C\C/C=C\C/C=C\CCCCCCCC(=O)NC(COP(=O)([O-])OCC[N+](C)(C)C)C(O)/C=C/CC/C=C/CCCCC. The minimum Gasteiger partial charge on any atom is -0.756 e. The maximum atomic E-state index is 12.8. The summed E-state index contributed by atoms with van der Waals surface area (Å²) in [7, 11) is 1.20. The maximum Gasteiger partial charge on any atom is 0.268 e. The Balaban J connectivity index is 4.24. The van der Waals surface area contributed by atoms with Crippen molar-refractivity contribution >= 4 is 13.7 Å². The maximum absolute atomic E-state index is 12.8. The van der Waals surface area contributed by atoms with E-state index in [0.29, 0.717) is 17.4 Å². The van der Waals surface area contributed by atoms with Crippen molar-refractivity contribution in [1.29, 1.82) is 0 Å². The normalized spacial score (nSPS) is 15.3. The lowest BCUT2D eigenvalue weighted by molar-refractivity contribution is -0.870. The van der Waals surface area contributed by atoms with Gasteiger partial charge in [0.15, 0.2) is 0 Å². The quantitative estimate of drug-likeness (QED) is 0.0273. The van der Waals surface area contributed by atoms with E-state index in [4.69, 9.17) is 9.05 Å². The highest BCUT2D eigenvalue weighted by Crippen LogP contribution is 2.38. The molecule has 64 heavy (non-hydrogen) atoms. The number of hydrogen-bond donors (Lipinski definition) is 2. The van der Waals surface area contributed by atoms with Crippen molar-refractivity contribution in [3.05, 3.63) is 134 Å². The average Bonchev–Trinajstić information content (AvgIpc) is 3.25. The largest absolute Gasteiger partial charge is 0.756 e. The Hall–Kier alpha value is -3.36. The molecule has 0 radical (unpaired) electrons. The standard InChI is InChI=1S/C55H91N2O6P/c1-6-8-10-12-14-16-17-18-19-20-21-22-23-24-25-26-27-28-29-30-31-32-33-34-35-36-37-38-39-41-43-45-47-49-55(59)56-53(52-63-64(60,61)62-51-50-57(3,4)5)54(58)48-46-44-42-40-15-13-11-9-7-2/h8,10,14-16,18-19,21-22,24-25,27-28,30-31,33-34,36-37,40,46,48,53-54,58H,6-7,9,11-13,17,20,23,26,29,32,35,38-39,41-45,47,49-52H2,1-5H3,(H-,56,59,60,61)/b10-8-,16-14-,19-18-,22-21-,25-24-,28-27-,31-30-,34-33-,37-36-,40-15+,48-46+. The Morgan fingerprint density at radius 2 is 0.969 bits per heavy atom. The topological polar surface area (TPSA) is 108 Å². The molecular formula is C55H91N2O6P. The summed E-state index contributed by atoms with van der Waals surface area (Å²) in [6.07, 6.45) is 68.2. The van der Waals surface area contributed by atoms with Crippen molar-refractivity contribution in [2.75, 3.05) is 40.9 Å². The molecule has 0 aliphatic rings. The molecule has 0 rings (SSSR count). The molecule has 0 heterocycles. The molecule has 0 fully saturated rings. The Kier molecular flexibility index (Phi) is 42.5. The molecule has 8 nitrogen and oxygen atoms in total. The Morgan fingerprint density at radius 3 is 1.45 bits per heavy atom. The monoisotopic (exact) mass is 907 g/mol. The van der Waals surface area contributed by atoms with Crippen LogP contribution in [-0.4, -0.2) is 68.5 Å². The molecule has 0 bridgehead atoms. The van der Waals surface area contributed by atoms with Gasteiger partial charge in [-0.15, -0.1) is 0 Å². The fourth-order valence-corrected chi connectivity index (χ4v) is 6.70. The third kappa shape index (κ3) is 46.6. The van der Waals surface area contributed by atoms with Crippen molar-refractivity contribution in [2.24, 2.45) is 0 Å². The van der Waals surface area contributed by atoms with E-state index in [0.717, 1.165) is 116 Å². The summed E-state index contributed by atoms with van der Waals surface area (Å²) in [6.45, 7) is 4.40. The highest BCUT2D eigenvalue weighted by atomic mass is 31.2. The van der Waals surface area contributed by atoms with E-state index >= 15 is 0 Å². The molecule has 362 valence electrons. The molecular weight excluding hydrogens is 816 g/mol. The first-order valence-electron chi connectivity index (χ1n) is 24.5. The number of phosphoric acid groups is 1. The zero-order chi connectivity index (χ0) is 47.1. The number of carbonyl (C=O) groups is 1. The van der Waals surface area contributed by atoms with Gasteiger partial charge in [0, 0.05) is 6.42 Å². The second kappa shape index (κ2) is 44.8. The predicted molar refractivity (Wildman–Crippen MR) is 274 cm³/mol. The van der Waals surface area contributed by atoms with Gasteiger partial charge in [-0.3, -0.25) is 9.36 Å². The van der Waals surface area contributed by atoms with Crippen LogP contribution in [0.15, 0.2) is 134 Å². The zero-order valence-electron chi connectivity index (χ0n) is 40.9. The highest BCUT2D eigenvalue weighted by Gasteiger charge is 2.23. The number of likely N-dealkylation sites (N-methyl/N-ethyl adjacent to an activating group) is 1. The van der Waals surface area contributed by atoms with Crippen molar-refractivity contribution in [3.63, 3.8) is 0 Å². The van der Waals surface area contributed by atoms with E-state index in [1.807, 2.05) is 27.2 Å². The molecule has 0 aromatic heterocycles. The number of aliphatic hydroxyl groups is 1. The van der Waals surface area contributed by atoms with Gasteiger partial charge >= 0.3 is 0 Å². The fourth-order valence-electron chi connectivity index (χ4n) is 5.98. The smallest absolute Gasteiger partial charge is 0.268 e. The number of amides is 1. The average molecular weight is 907 g/mol. The fraction of sp³-hybridized carbons (Fsp3) is 0.582. The summed E-state index contributed by atoms with van der Waals surface area (Å²) in [4.78, 5) is 25.3. The molecule has 1 amide bonds. The number of nitrogens with zero attached hydrogens (tertiary/aromatic N) is 1. The minimum absolute atomic E-state index is 0.0188. The predicted octanol–water partition coefficient (Wildman–Crippen LogP) is 13.8. The third-order valence-electron chi connectivity index (χ3n) is 9.84. The summed E-state index contributed by atoms with van der Waals surface area (Å²) in [5, 5.41) is 13.7. The Bertz CT molecular complexity index is 1490. The van der Waals surface area contributed by atoms with E-state index in [1.54, 1.807) is 6.08 Å². The van der Waals surface area contributed by atoms with Gasteiger partial charge in [0.25, 0.3) is 7.82 Å². The van der Waals surface area contributed by atoms with E-state index in [2.05, 4.69) is 141 Å². The van der Waals surface area contributed by atoms with Gasteiger partial charge in [0.2, 0.25) is 5.91 Å². The van der Waals surface area contributed by atoms with Gasteiger partial charge in [0.1, 0.15) is 13.2 Å². The molecule has 3 atom stereocenters. The first kappa shape index (κ1) is 60.6. The number of quaternary nitrogens is 1. The number of hydrogen-bond acceptors (Lipinski definition) is 6. The van der Waals surface area contributed by atoms with Crippen LogP contribution in [0.3, 0.4) is 0 Å². The molecule has 2 N–H and O–H groups in total. The van der Waals surface area contributed by atoms with Gasteiger partial charge in [0.05, 0.1) is 39.9 Å². The van der Waals surface area contributed by atoms with Gasteiger partial charge in [-0.05, 0) is 103 Å². The van der Waals surface area contributed by atoms with Gasteiger partial charge in [-0.25, -0.2) is 0 Å². The summed E-state index contributed by atoms with van der Waals surface area (Å²) in [6, 6.07) is -0.922. The molecule has 3 unspecified atom stereocenters. The first-order valence-corrected chi connectivity index (χ1v) is 26.0. The van der Waals surface area contributed by atoms with E-state index in [-0.39, 0.29) is 12.5 Å². The molecule has 0 aliphatic heterocycles. The van der Waals surface area contributed by atoms with Crippen LogP contribution >= 0.6 is 7.82 Å². The van der Waals surface area contributed by atoms with Gasteiger partial charge in [-0.1, -0.05) is 180 Å². The van der Waals surface area contributed by atoms with Crippen molar-refractivity contribution in [3.8, 4) is 0 Å². The highest BCUT2D eigenvalue weighted by molar-refractivity contribution is 7.45. The van der Waals surface area contributed by atoms with Crippen LogP contribution in [0.4, 0.5) is 0 Å². The molecule has 0 aliphatic carbocycles. The van der Waals surface area contributed by atoms with Crippen LogP contribution in [0.2, 0.25) is 0 Å². The summed E-state index contributed by atoms with van der Waals surface area (Å²) in [5.74, 6) is -0.237. The summed E-state index contributed by atoms with van der Waals surface area (Å²) >= 11 is 0. The van der Waals surface area contributed by atoms with Crippen LogP contribution in [-0.2, 0) is 18.4 Å². The second-order valence-electron chi connectivity index (χ2n) is 17.1. The van der Waals surface area contributed by atoms with Crippen molar-refractivity contribution in [2.45, 2.75) is 167 Å². The molecule has 0 spiro atoms. The zero-order valence-corrected chi connectivity index (χ0v) is 41.8. The number of rotatable bonds is 42. The number of phosphoric ester groups is 1. The van der Waals surface area contributed by atoms with Gasteiger partial charge in [-0.2, -0.15) is 0 Å². The number of nitrogens with one attached hydrogen (secondary N) is 1. The number of aliphatic hydroxyl groups excluding tert-OH is 1. The van der Waals surface area contributed by atoms with Crippen LogP contribution in [0.1, 0.15) is 155 Å². The Labute approximate surface area is 392 Å². The molecule has 0 aromatic rings. The summed E-state index contributed by atoms with van der Waals surface area (Å²) < 4.78 is 23.1. The lowest BCUT2D eigenvalue weighted by atomic mass is 10.1. The molecule has 0 aromatic carbocycles. The van der Waals surface area contributed by atoms with Crippen LogP contribution < -0.4 is 10.2 Å². The molecule has 0 saturated heterocycles. The number of carbonyl (C=O) groups excluding carboxylic acids is 1. The first-order chi connectivity index (χ1) is 31.0. The van der Waals surface area contributed by atoms with E-state index in [9.17, 15) is 19.4 Å². The second-order valence-corrected chi connectivity index (χ2v) is 18.5. The lowest BCUT2D eigenvalue weighted by Gasteiger charge is -2.29. The molecule has 9 heteroatoms. The van der Waals surface area contributed by atoms with E-state index < -0.39 is 26.6 Å². The van der Waals surface area contributed by atoms with Crippen LogP contribution in [0, 0.1) is 0 Å². The van der Waals surface area contributed by atoms with E-state index in [1.165, 1.54) is 19.3 Å². The van der Waals surface area contributed by atoms with Crippen molar-refractivity contribution in [1.82, 2.24) is 5.32 Å². The lowest BCUT2D eigenvalue weighted by Crippen LogP contribution is -2.45. The third-order valence-corrected chi connectivity index (χ3v) is 10.8. The minimum atomic E-state index is -4.61. The number of unbranched alkanes of at least 4 members (excludes halogenated alkanes) is 9. The summed E-state index contributed by atoms with van der Waals surface area (Å²) in [5.41, 5.74) is 0. The van der Waals surface area contributed by atoms with Crippen LogP contribution in [0.25, 0.3) is 0 Å². The Morgan fingerprint density at radius 1 is 0.562 bits per heavy atom. The van der Waals surface area contributed by atoms with Crippen molar-refractivity contribution < 1.29 is 32.9 Å².